The van der Waals surface area contributed by atoms with Crippen molar-refractivity contribution in [3.8, 4) is 0 Å². The minimum absolute atomic E-state index is 0.0744. The summed E-state index contributed by atoms with van der Waals surface area (Å²) in [5.74, 6) is 0. The summed E-state index contributed by atoms with van der Waals surface area (Å²) in [6, 6.07) is 8.11. The first-order chi connectivity index (χ1) is 10.2. The van der Waals surface area contributed by atoms with E-state index in [2.05, 4.69) is 29.4 Å². The van der Waals surface area contributed by atoms with Gasteiger partial charge < -0.3 is 4.90 Å². The molecule has 1 aromatic carbocycles. The van der Waals surface area contributed by atoms with Crippen LogP contribution >= 0.6 is 15.9 Å². The second-order valence-corrected chi connectivity index (χ2v) is 6.33. The molecule has 0 saturated carbocycles. The molecule has 1 aliphatic rings. The summed E-state index contributed by atoms with van der Waals surface area (Å²) in [5, 5.41) is 0. The lowest BCUT2D eigenvalue weighted by Crippen LogP contribution is -2.45. The molecule has 1 atom stereocenters. The molecule has 2 rings (SSSR count). The van der Waals surface area contributed by atoms with Crippen molar-refractivity contribution in [3.05, 3.63) is 41.4 Å². The van der Waals surface area contributed by atoms with Crippen molar-refractivity contribution in [2.24, 2.45) is 0 Å². The van der Waals surface area contributed by atoms with Crippen LogP contribution in [0.2, 0.25) is 0 Å². The number of halogens is 1. The Hall–Kier alpha value is -1.29. The molecule has 1 saturated heterocycles. The summed E-state index contributed by atoms with van der Waals surface area (Å²) < 4.78 is 1.02. The fourth-order valence-electron chi connectivity index (χ4n) is 2.69. The number of urea groups is 1. The third kappa shape index (κ3) is 3.88. The van der Waals surface area contributed by atoms with E-state index >= 15 is 0 Å². The zero-order chi connectivity index (χ0) is 15.2. The molecule has 1 aliphatic heterocycles. The molecule has 0 radical (unpaired) electrons. The lowest BCUT2D eigenvalue weighted by Gasteiger charge is -2.31. The van der Waals surface area contributed by atoms with Crippen LogP contribution in [0.1, 0.15) is 32.6 Å². The highest BCUT2D eigenvalue weighted by Crippen LogP contribution is 2.26. The average molecular weight is 351 g/mol. The van der Waals surface area contributed by atoms with E-state index in [1.54, 1.807) is 0 Å². The molecule has 0 aliphatic carbocycles. The van der Waals surface area contributed by atoms with Gasteiger partial charge in [-0.2, -0.15) is 0 Å². The topological polar surface area (TPSA) is 23.6 Å². The standard InChI is InChI=1S/C17H23BrN2O/c1-3-5-12-19-13-6-7-15(4-2)20(17(19)21)16-10-8-14(18)9-11-16/h4,8-11,15H,2-3,5-7,12-13H2,1H3. The highest BCUT2D eigenvalue weighted by atomic mass is 79.9. The molecular weight excluding hydrogens is 328 g/mol. The van der Waals surface area contributed by atoms with Crippen molar-refractivity contribution < 1.29 is 4.79 Å². The van der Waals surface area contributed by atoms with Gasteiger partial charge in [0.25, 0.3) is 0 Å². The van der Waals surface area contributed by atoms with Crippen LogP contribution in [0.4, 0.5) is 10.5 Å². The fraction of sp³-hybridized carbons (Fsp3) is 0.471. The highest BCUT2D eigenvalue weighted by molar-refractivity contribution is 9.10. The Kier molecular flexibility index (Phi) is 5.85. The summed E-state index contributed by atoms with van der Waals surface area (Å²) in [7, 11) is 0. The number of hydrogen-bond donors (Lipinski definition) is 0. The number of carbonyl (C=O) groups is 1. The molecule has 3 nitrogen and oxygen atoms in total. The van der Waals surface area contributed by atoms with Crippen molar-refractivity contribution in [2.75, 3.05) is 18.0 Å². The lowest BCUT2D eigenvalue weighted by atomic mass is 10.1. The lowest BCUT2D eigenvalue weighted by molar-refractivity contribution is 0.207. The van der Waals surface area contributed by atoms with Crippen LogP contribution in [0.25, 0.3) is 0 Å². The highest BCUT2D eigenvalue weighted by Gasteiger charge is 2.30. The van der Waals surface area contributed by atoms with Crippen LogP contribution in [-0.4, -0.2) is 30.1 Å². The monoisotopic (exact) mass is 350 g/mol. The Morgan fingerprint density at radius 1 is 1.38 bits per heavy atom. The molecule has 1 unspecified atom stereocenters. The van der Waals surface area contributed by atoms with Crippen LogP contribution in [0.5, 0.6) is 0 Å². The number of hydrogen-bond acceptors (Lipinski definition) is 1. The quantitative estimate of drug-likeness (QED) is 0.697. The fourth-order valence-corrected chi connectivity index (χ4v) is 2.96. The molecule has 1 aromatic rings. The number of amides is 2. The Labute approximate surface area is 135 Å². The molecule has 21 heavy (non-hydrogen) atoms. The third-order valence-corrected chi connectivity index (χ3v) is 4.42. The van der Waals surface area contributed by atoms with Gasteiger partial charge in [0.15, 0.2) is 0 Å². The van der Waals surface area contributed by atoms with Gasteiger partial charge in [-0.25, -0.2) is 4.79 Å². The maximum absolute atomic E-state index is 12.9. The first-order valence-electron chi connectivity index (χ1n) is 7.63. The van der Waals surface area contributed by atoms with E-state index in [0.717, 1.165) is 48.9 Å². The van der Waals surface area contributed by atoms with Gasteiger partial charge in [-0.05, 0) is 43.5 Å². The summed E-state index contributed by atoms with van der Waals surface area (Å²) >= 11 is 3.44. The predicted molar refractivity (Wildman–Crippen MR) is 91.7 cm³/mol. The maximum Gasteiger partial charge on any atom is 0.325 e. The summed E-state index contributed by atoms with van der Waals surface area (Å²) in [5.41, 5.74) is 0.941. The first kappa shape index (κ1) is 16.1. The smallest absolute Gasteiger partial charge is 0.324 e. The Balaban J connectivity index is 2.28. The molecule has 2 amide bonds. The molecule has 0 N–H and O–H groups in total. The SMILES string of the molecule is C=CC1CCCN(CCCC)C(=O)N1c1ccc(Br)cc1. The van der Waals surface area contributed by atoms with Gasteiger partial charge in [0.1, 0.15) is 0 Å². The van der Waals surface area contributed by atoms with Gasteiger partial charge >= 0.3 is 6.03 Å². The molecule has 0 bridgehead atoms. The van der Waals surface area contributed by atoms with E-state index < -0.39 is 0 Å². The number of anilines is 1. The van der Waals surface area contributed by atoms with E-state index in [1.807, 2.05) is 40.1 Å². The minimum Gasteiger partial charge on any atom is -0.324 e. The average Bonchev–Trinajstić information content (AvgIpc) is 2.65. The van der Waals surface area contributed by atoms with E-state index in [9.17, 15) is 4.79 Å². The molecule has 0 aromatic heterocycles. The molecule has 4 heteroatoms. The number of benzene rings is 1. The van der Waals surface area contributed by atoms with Crippen molar-refractivity contribution in [2.45, 2.75) is 38.6 Å². The molecule has 1 fully saturated rings. The largest absolute Gasteiger partial charge is 0.325 e. The van der Waals surface area contributed by atoms with Gasteiger partial charge in [0, 0.05) is 23.2 Å². The number of nitrogens with zero attached hydrogens (tertiary/aromatic N) is 2. The zero-order valence-electron chi connectivity index (χ0n) is 12.6. The van der Waals surface area contributed by atoms with Crippen LogP contribution < -0.4 is 4.90 Å². The second kappa shape index (κ2) is 7.64. The molecular formula is C17H23BrN2O. The van der Waals surface area contributed by atoms with Crippen LogP contribution in [0.15, 0.2) is 41.4 Å². The number of unbranched alkanes of at least 4 members (excludes halogenated alkanes) is 1. The normalized spacial score (nSPS) is 19.5. The summed E-state index contributed by atoms with van der Waals surface area (Å²) in [6.07, 6.45) is 6.04. The molecule has 1 heterocycles. The minimum atomic E-state index is 0.0744. The number of rotatable bonds is 5. The summed E-state index contributed by atoms with van der Waals surface area (Å²) in [4.78, 5) is 16.8. The van der Waals surface area contributed by atoms with Gasteiger partial charge in [-0.1, -0.05) is 35.4 Å². The first-order valence-corrected chi connectivity index (χ1v) is 8.43. The van der Waals surface area contributed by atoms with E-state index in [-0.39, 0.29) is 12.1 Å². The maximum atomic E-state index is 12.9. The Bertz CT molecular complexity index is 486. The zero-order valence-corrected chi connectivity index (χ0v) is 14.2. The molecule has 114 valence electrons. The second-order valence-electron chi connectivity index (χ2n) is 5.41. The Morgan fingerprint density at radius 2 is 2.10 bits per heavy atom. The van der Waals surface area contributed by atoms with Crippen LogP contribution in [0, 0.1) is 0 Å². The Morgan fingerprint density at radius 3 is 2.71 bits per heavy atom. The van der Waals surface area contributed by atoms with E-state index in [4.69, 9.17) is 0 Å². The van der Waals surface area contributed by atoms with Crippen molar-refractivity contribution in [3.63, 3.8) is 0 Å². The molecule has 0 spiro atoms. The van der Waals surface area contributed by atoms with Gasteiger partial charge in [-0.3, -0.25) is 4.90 Å². The van der Waals surface area contributed by atoms with Crippen LogP contribution in [-0.2, 0) is 0 Å². The van der Waals surface area contributed by atoms with E-state index in [0.29, 0.717) is 0 Å². The number of carbonyl (C=O) groups excluding carboxylic acids is 1. The predicted octanol–water partition coefficient (Wildman–Crippen LogP) is 4.83. The van der Waals surface area contributed by atoms with E-state index in [1.165, 1.54) is 0 Å². The third-order valence-electron chi connectivity index (χ3n) is 3.89. The van der Waals surface area contributed by atoms with Gasteiger partial charge in [0.2, 0.25) is 0 Å². The van der Waals surface area contributed by atoms with Gasteiger partial charge in [-0.15, -0.1) is 6.58 Å². The van der Waals surface area contributed by atoms with Crippen molar-refractivity contribution in [1.29, 1.82) is 0 Å². The summed E-state index contributed by atoms with van der Waals surface area (Å²) in [6.45, 7) is 7.76. The van der Waals surface area contributed by atoms with Gasteiger partial charge in [0.05, 0.1) is 6.04 Å². The van der Waals surface area contributed by atoms with Crippen molar-refractivity contribution >= 4 is 27.6 Å². The van der Waals surface area contributed by atoms with Crippen molar-refractivity contribution in [1.82, 2.24) is 4.90 Å². The van der Waals surface area contributed by atoms with Crippen LogP contribution in [0.3, 0.4) is 0 Å².